The molecule has 0 aromatic heterocycles. The first kappa shape index (κ1) is 14.4. The van der Waals surface area contributed by atoms with E-state index >= 15 is 0 Å². The lowest BCUT2D eigenvalue weighted by Crippen LogP contribution is -2.24. The van der Waals surface area contributed by atoms with Crippen LogP contribution in [0.4, 0.5) is 0 Å². The SMILES string of the molecule is CS(=O)(=O)CCNC(=CC(=O)O)CC(=O)O. The van der Waals surface area contributed by atoms with Gasteiger partial charge in [0.15, 0.2) is 0 Å². The number of carboxylic acids is 2. The van der Waals surface area contributed by atoms with E-state index in [1.165, 1.54) is 0 Å². The third-order valence-corrected chi connectivity index (χ3v) is 2.41. The van der Waals surface area contributed by atoms with Crippen LogP contribution in [0, 0.1) is 0 Å². The Kier molecular flexibility index (Phi) is 5.51. The maximum absolute atomic E-state index is 10.8. The van der Waals surface area contributed by atoms with Crippen LogP contribution in [0.5, 0.6) is 0 Å². The Morgan fingerprint density at radius 3 is 2.25 bits per heavy atom. The van der Waals surface area contributed by atoms with E-state index in [4.69, 9.17) is 10.2 Å². The minimum absolute atomic E-state index is 0.0226. The third-order valence-electron chi connectivity index (χ3n) is 1.46. The first-order chi connectivity index (χ1) is 7.20. The van der Waals surface area contributed by atoms with Crippen LogP contribution in [0.1, 0.15) is 6.42 Å². The molecule has 0 saturated heterocycles. The summed E-state index contributed by atoms with van der Waals surface area (Å²) >= 11 is 0. The van der Waals surface area contributed by atoms with E-state index in [0.717, 1.165) is 6.26 Å². The summed E-state index contributed by atoms with van der Waals surface area (Å²) in [4.78, 5) is 20.7. The highest BCUT2D eigenvalue weighted by Crippen LogP contribution is 1.97. The Morgan fingerprint density at radius 2 is 1.88 bits per heavy atom. The predicted octanol–water partition coefficient (Wildman–Crippen LogP) is -0.936. The molecule has 0 fully saturated rings. The van der Waals surface area contributed by atoms with Gasteiger partial charge in [-0.1, -0.05) is 0 Å². The summed E-state index contributed by atoms with van der Waals surface area (Å²) in [5.41, 5.74) is -0.0383. The van der Waals surface area contributed by atoms with E-state index in [1.54, 1.807) is 0 Å². The molecular weight excluding hydrogens is 238 g/mol. The molecule has 0 unspecified atom stereocenters. The second kappa shape index (κ2) is 6.11. The van der Waals surface area contributed by atoms with Crippen molar-refractivity contribution in [3.63, 3.8) is 0 Å². The largest absolute Gasteiger partial charge is 0.481 e. The zero-order valence-corrected chi connectivity index (χ0v) is 9.45. The van der Waals surface area contributed by atoms with Crippen LogP contribution in [-0.2, 0) is 19.4 Å². The fourth-order valence-corrected chi connectivity index (χ4v) is 1.35. The molecular formula is C8H13NO6S. The van der Waals surface area contributed by atoms with Crippen LogP contribution >= 0.6 is 0 Å². The first-order valence-electron chi connectivity index (χ1n) is 4.27. The second-order valence-corrected chi connectivity index (χ2v) is 5.39. The van der Waals surface area contributed by atoms with E-state index in [1.807, 2.05) is 0 Å². The lowest BCUT2D eigenvalue weighted by molar-refractivity contribution is -0.136. The smallest absolute Gasteiger partial charge is 0.330 e. The van der Waals surface area contributed by atoms with Crippen LogP contribution < -0.4 is 5.32 Å². The molecule has 0 aliphatic heterocycles. The van der Waals surface area contributed by atoms with Crippen molar-refractivity contribution in [1.29, 1.82) is 0 Å². The third kappa shape index (κ3) is 9.00. The van der Waals surface area contributed by atoms with Gasteiger partial charge >= 0.3 is 11.9 Å². The molecule has 0 atom stereocenters. The van der Waals surface area contributed by atoms with Crippen molar-refractivity contribution >= 4 is 21.8 Å². The minimum Gasteiger partial charge on any atom is -0.481 e. The van der Waals surface area contributed by atoms with Crippen molar-refractivity contribution in [2.75, 3.05) is 18.6 Å². The quantitative estimate of drug-likeness (QED) is 0.499. The summed E-state index contributed by atoms with van der Waals surface area (Å²) in [5, 5.41) is 19.4. The Hall–Kier alpha value is -1.57. The zero-order valence-electron chi connectivity index (χ0n) is 8.63. The first-order valence-corrected chi connectivity index (χ1v) is 6.33. The van der Waals surface area contributed by atoms with Gasteiger partial charge < -0.3 is 15.5 Å². The molecule has 16 heavy (non-hydrogen) atoms. The highest BCUT2D eigenvalue weighted by Gasteiger charge is 2.07. The van der Waals surface area contributed by atoms with Gasteiger partial charge in [0.25, 0.3) is 0 Å². The van der Waals surface area contributed by atoms with E-state index in [9.17, 15) is 18.0 Å². The summed E-state index contributed by atoms with van der Waals surface area (Å²) in [6.45, 7) is -0.0226. The van der Waals surface area contributed by atoms with Crippen LogP contribution in [0.2, 0.25) is 0 Å². The number of rotatable bonds is 7. The predicted molar refractivity (Wildman–Crippen MR) is 55.7 cm³/mol. The molecule has 8 heteroatoms. The topological polar surface area (TPSA) is 121 Å². The Labute approximate surface area is 92.7 Å². The van der Waals surface area contributed by atoms with Crippen molar-refractivity contribution in [3.8, 4) is 0 Å². The average molecular weight is 251 g/mol. The van der Waals surface area contributed by atoms with Crippen LogP contribution in [-0.4, -0.2) is 49.1 Å². The summed E-state index contributed by atoms with van der Waals surface area (Å²) in [5.74, 6) is -2.67. The molecule has 0 aromatic carbocycles. The fourth-order valence-electron chi connectivity index (χ4n) is 0.874. The molecule has 0 spiro atoms. The zero-order chi connectivity index (χ0) is 12.8. The molecule has 0 aliphatic rings. The number of sulfone groups is 1. The molecule has 92 valence electrons. The van der Waals surface area contributed by atoms with Crippen LogP contribution in [0.3, 0.4) is 0 Å². The molecule has 7 nitrogen and oxygen atoms in total. The number of carbonyl (C=O) groups is 2. The molecule has 0 aliphatic carbocycles. The number of carboxylic acid groups (broad SMARTS) is 2. The van der Waals surface area contributed by atoms with Crippen LogP contribution in [0.25, 0.3) is 0 Å². The van der Waals surface area contributed by atoms with Gasteiger partial charge in [0.05, 0.1) is 12.2 Å². The Morgan fingerprint density at radius 1 is 1.31 bits per heavy atom. The van der Waals surface area contributed by atoms with Crippen molar-refractivity contribution in [3.05, 3.63) is 11.8 Å². The van der Waals surface area contributed by atoms with Crippen molar-refractivity contribution in [2.24, 2.45) is 0 Å². The van der Waals surface area contributed by atoms with Gasteiger partial charge in [0.2, 0.25) is 0 Å². The van der Waals surface area contributed by atoms with Crippen LogP contribution in [0.15, 0.2) is 11.8 Å². The van der Waals surface area contributed by atoms with Gasteiger partial charge in [-0.25, -0.2) is 13.2 Å². The molecule has 0 aromatic rings. The van der Waals surface area contributed by atoms with Crippen molar-refractivity contribution in [1.82, 2.24) is 5.32 Å². The lowest BCUT2D eigenvalue weighted by Gasteiger charge is -2.07. The average Bonchev–Trinajstić information content (AvgIpc) is 1.98. The summed E-state index contributed by atoms with van der Waals surface area (Å²) in [6, 6.07) is 0. The van der Waals surface area contributed by atoms with E-state index in [-0.39, 0.29) is 18.0 Å². The van der Waals surface area contributed by atoms with Gasteiger partial charge in [-0.05, 0) is 0 Å². The minimum atomic E-state index is -3.16. The Bertz CT molecular complexity index is 397. The van der Waals surface area contributed by atoms with Gasteiger partial charge in [0.1, 0.15) is 9.84 Å². The molecule has 0 bridgehead atoms. The molecule has 0 radical (unpaired) electrons. The Balaban J connectivity index is 4.34. The monoisotopic (exact) mass is 251 g/mol. The molecule has 0 heterocycles. The number of aliphatic carboxylic acids is 2. The molecule has 0 rings (SSSR count). The number of hydrogen-bond acceptors (Lipinski definition) is 5. The summed E-state index contributed by atoms with van der Waals surface area (Å²) in [6.07, 6.45) is 1.25. The number of hydrogen-bond donors (Lipinski definition) is 3. The maximum Gasteiger partial charge on any atom is 0.330 e. The second-order valence-electron chi connectivity index (χ2n) is 3.13. The standard InChI is InChI=1S/C8H13NO6S/c1-16(14,15)3-2-9-6(4-7(10)11)5-8(12)13/h4,9H,2-3,5H2,1H3,(H,10,11)(H,12,13). The highest BCUT2D eigenvalue weighted by molar-refractivity contribution is 7.90. The summed E-state index contributed by atoms with van der Waals surface area (Å²) < 4.78 is 21.5. The van der Waals surface area contributed by atoms with Gasteiger partial charge in [-0.3, -0.25) is 4.79 Å². The normalized spacial score (nSPS) is 12.2. The van der Waals surface area contributed by atoms with Gasteiger partial charge in [-0.15, -0.1) is 0 Å². The van der Waals surface area contributed by atoms with Crippen molar-refractivity contribution in [2.45, 2.75) is 6.42 Å². The number of nitrogens with one attached hydrogen (secondary N) is 1. The van der Waals surface area contributed by atoms with Crippen molar-refractivity contribution < 1.29 is 28.2 Å². The maximum atomic E-state index is 10.8. The fraction of sp³-hybridized carbons (Fsp3) is 0.500. The van der Waals surface area contributed by atoms with E-state index in [2.05, 4.69) is 5.32 Å². The molecule has 0 saturated carbocycles. The molecule has 0 amide bonds. The van der Waals surface area contributed by atoms with Gasteiger partial charge in [-0.2, -0.15) is 0 Å². The highest BCUT2D eigenvalue weighted by atomic mass is 32.2. The molecule has 3 N–H and O–H groups in total. The van der Waals surface area contributed by atoms with E-state index < -0.39 is 28.2 Å². The van der Waals surface area contributed by atoms with Gasteiger partial charge in [0, 0.05) is 24.6 Å². The lowest BCUT2D eigenvalue weighted by atomic mass is 10.3. The van der Waals surface area contributed by atoms with E-state index in [0.29, 0.717) is 6.08 Å². The summed E-state index contributed by atoms with van der Waals surface area (Å²) in [7, 11) is -3.16.